The summed E-state index contributed by atoms with van der Waals surface area (Å²) in [6, 6.07) is 0.673. The molecule has 0 aromatic carbocycles. The van der Waals surface area contributed by atoms with Crippen LogP contribution in [0.5, 0.6) is 0 Å². The van der Waals surface area contributed by atoms with Crippen LogP contribution >= 0.6 is 11.8 Å². The van der Waals surface area contributed by atoms with E-state index in [0.29, 0.717) is 6.04 Å². The number of piperidine rings is 1. The molecule has 1 heterocycles. The van der Waals surface area contributed by atoms with Crippen LogP contribution in [0, 0.1) is 0 Å². The van der Waals surface area contributed by atoms with E-state index in [1.165, 1.54) is 25.8 Å². The van der Waals surface area contributed by atoms with E-state index in [0.717, 1.165) is 12.2 Å². The molecule has 0 aromatic heterocycles. The van der Waals surface area contributed by atoms with E-state index in [1.54, 1.807) is 18.7 Å². The van der Waals surface area contributed by atoms with E-state index in [4.69, 9.17) is 5.11 Å². The summed E-state index contributed by atoms with van der Waals surface area (Å²) in [5.41, 5.74) is 0. The molecule has 88 valence electrons. The average Bonchev–Trinajstić information content (AvgIpc) is 2.20. The molecule has 15 heavy (non-hydrogen) atoms. The van der Waals surface area contributed by atoms with Gasteiger partial charge in [-0.3, -0.25) is 4.79 Å². The molecule has 0 aromatic rings. The van der Waals surface area contributed by atoms with Crippen LogP contribution in [0.2, 0.25) is 0 Å². The fraction of sp³-hybridized carbons (Fsp3) is 0.909. The smallest absolute Gasteiger partial charge is 0.316 e. The standard InChI is InChI=1S/C11H21NO2S/c1-9(11(13)14)15-8-6-10-5-3-4-7-12(10)2/h9-10H,3-8H2,1-2H3,(H,13,14). The molecule has 1 N–H and O–H groups in total. The summed E-state index contributed by atoms with van der Waals surface area (Å²) in [4.78, 5) is 13.0. The zero-order chi connectivity index (χ0) is 11.3. The van der Waals surface area contributed by atoms with Crippen LogP contribution in [-0.2, 0) is 4.79 Å². The fourth-order valence-corrected chi connectivity index (χ4v) is 2.87. The second-order valence-electron chi connectivity index (χ2n) is 4.27. The van der Waals surface area contributed by atoms with Gasteiger partial charge in [0, 0.05) is 6.04 Å². The van der Waals surface area contributed by atoms with Crippen molar-refractivity contribution in [2.24, 2.45) is 0 Å². The first kappa shape index (κ1) is 12.8. The van der Waals surface area contributed by atoms with E-state index in [-0.39, 0.29) is 5.25 Å². The molecule has 1 fully saturated rings. The Kier molecular flexibility index (Phi) is 5.47. The van der Waals surface area contributed by atoms with Crippen LogP contribution in [0.1, 0.15) is 32.6 Å². The number of rotatable bonds is 5. The Bertz CT molecular complexity index is 211. The van der Waals surface area contributed by atoms with Gasteiger partial charge in [0.05, 0.1) is 5.25 Å². The number of carboxylic acids is 1. The highest BCUT2D eigenvalue weighted by Crippen LogP contribution is 2.21. The summed E-state index contributed by atoms with van der Waals surface area (Å²) in [5.74, 6) is 0.264. The molecule has 0 radical (unpaired) electrons. The van der Waals surface area contributed by atoms with Crippen LogP contribution < -0.4 is 0 Å². The SMILES string of the molecule is CC(SCCC1CCCCN1C)C(=O)O. The Hall–Kier alpha value is -0.220. The third-order valence-corrected chi connectivity index (χ3v) is 4.26. The van der Waals surface area contributed by atoms with E-state index >= 15 is 0 Å². The minimum absolute atomic E-state index is 0.265. The molecule has 0 saturated carbocycles. The van der Waals surface area contributed by atoms with Crippen molar-refractivity contribution in [2.45, 2.75) is 43.9 Å². The Labute approximate surface area is 96.2 Å². The topological polar surface area (TPSA) is 40.5 Å². The first-order valence-corrected chi connectivity index (χ1v) is 6.71. The van der Waals surface area contributed by atoms with Crippen molar-refractivity contribution in [3.05, 3.63) is 0 Å². The number of carbonyl (C=O) groups is 1. The minimum atomic E-state index is -0.697. The van der Waals surface area contributed by atoms with Crippen molar-refractivity contribution in [3.63, 3.8) is 0 Å². The van der Waals surface area contributed by atoms with Crippen molar-refractivity contribution in [2.75, 3.05) is 19.3 Å². The maximum Gasteiger partial charge on any atom is 0.316 e. The van der Waals surface area contributed by atoms with Crippen molar-refractivity contribution < 1.29 is 9.90 Å². The molecule has 1 saturated heterocycles. The maximum absolute atomic E-state index is 10.6. The summed E-state index contributed by atoms with van der Waals surface area (Å²) in [7, 11) is 2.18. The highest BCUT2D eigenvalue weighted by atomic mass is 32.2. The third-order valence-electron chi connectivity index (χ3n) is 3.09. The Morgan fingerprint density at radius 2 is 2.33 bits per heavy atom. The molecule has 3 nitrogen and oxygen atoms in total. The molecular formula is C11H21NO2S. The molecule has 2 atom stereocenters. The lowest BCUT2D eigenvalue weighted by Crippen LogP contribution is -2.36. The molecule has 4 heteroatoms. The van der Waals surface area contributed by atoms with Crippen molar-refractivity contribution in [1.82, 2.24) is 4.90 Å². The zero-order valence-electron chi connectivity index (χ0n) is 9.61. The quantitative estimate of drug-likeness (QED) is 0.786. The Balaban J connectivity index is 2.16. The first-order chi connectivity index (χ1) is 7.11. The number of hydrogen-bond acceptors (Lipinski definition) is 3. The number of likely N-dealkylation sites (tertiary alicyclic amines) is 1. The summed E-state index contributed by atoms with van der Waals surface area (Å²) in [6.07, 6.45) is 5.04. The highest BCUT2D eigenvalue weighted by Gasteiger charge is 2.19. The zero-order valence-corrected chi connectivity index (χ0v) is 10.4. The second-order valence-corrected chi connectivity index (χ2v) is 5.72. The molecule has 0 aliphatic carbocycles. The van der Waals surface area contributed by atoms with Gasteiger partial charge in [-0.05, 0) is 45.5 Å². The number of hydrogen-bond donors (Lipinski definition) is 1. The largest absolute Gasteiger partial charge is 0.480 e. The predicted molar refractivity (Wildman–Crippen MR) is 64.4 cm³/mol. The fourth-order valence-electron chi connectivity index (χ4n) is 1.96. The number of thioether (sulfide) groups is 1. The van der Waals surface area contributed by atoms with E-state index < -0.39 is 5.97 Å². The van der Waals surface area contributed by atoms with Crippen LogP contribution in [0.15, 0.2) is 0 Å². The Morgan fingerprint density at radius 1 is 1.60 bits per heavy atom. The molecule has 1 rings (SSSR count). The van der Waals surface area contributed by atoms with Gasteiger partial charge in [0.2, 0.25) is 0 Å². The highest BCUT2D eigenvalue weighted by molar-refractivity contribution is 8.00. The lowest BCUT2D eigenvalue weighted by atomic mass is 10.0. The van der Waals surface area contributed by atoms with Crippen molar-refractivity contribution in [1.29, 1.82) is 0 Å². The number of carboxylic acid groups (broad SMARTS) is 1. The molecule has 1 aliphatic heterocycles. The third kappa shape index (κ3) is 4.43. The van der Waals surface area contributed by atoms with Gasteiger partial charge in [0.15, 0.2) is 0 Å². The van der Waals surface area contributed by atoms with E-state index in [1.807, 2.05) is 0 Å². The van der Waals surface area contributed by atoms with Crippen LogP contribution in [-0.4, -0.2) is 46.6 Å². The van der Waals surface area contributed by atoms with Gasteiger partial charge in [-0.2, -0.15) is 0 Å². The van der Waals surface area contributed by atoms with Crippen molar-refractivity contribution in [3.8, 4) is 0 Å². The minimum Gasteiger partial charge on any atom is -0.480 e. The second kappa shape index (κ2) is 6.38. The summed E-state index contributed by atoms with van der Waals surface area (Å²) < 4.78 is 0. The molecule has 0 bridgehead atoms. The molecule has 0 amide bonds. The summed E-state index contributed by atoms with van der Waals surface area (Å²) in [6.45, 7) is 2.96. The molecule has 0 spiro atoms. The maximum atomic E-state index is 10.6. The van der Waals surface area contributed by atoms with Gasteiger partial charge in [-0.1, -0.05) is 6.42 Å². The van der Waals surface area contributed by atoms with Gasteiger partial charge >= 0.3 is 5.97 Å². The van der Waals surface area contributed by atoms with Crippen LogP contribution in [0.4, 0.5) is 0 Å². The van der Waals surface area contributed by atoms with Crippen LogP contribution in [0.3, 0.4) is 0 Å². The lowest BCUT2D eigenvalue weighted by molar-refractivity contribution is -0.136. The number of nitrogens with zero attached hydrogens (tertiary/aromatic N) is 1. The van der Waals surface area contributed by atoms with Crippen LogP contribution in [0.25, 0.3) is 0 Å². The predicted octanol–water partition coefficient (Wildman–Crippen LogP) is 2.07. The van der Waals surface area contributed by atoms with Gasteiger partial charge in [0.1, 0.15) is 0 Å². The van der Waals surface area contributed by atoms with Gasteiger partial charge in [-0.15, -0.1) is 11.8 Å². The first-order valence-electron chi connectivity index (χ1n) is 5.66. The van der Waals surface area contributed by atoms with Crippen molar-refractivity contribution >= 4 is 17.7 Å². The molecule has 2 unspecified atom stereocenters. The number of aliphatic carboxylic acids is 1. The average molecular weight is 231 g/mol. The molecular weight excluding hydrogens is 210 g/mol. The lowest BCUT2D eigenvalue weighted by Gasteiger charge is -2.32. The summed E-state index contributed by atoms with van der Waals surface area (Å²) >= 11 is 1.55. The van der Waals surface area contributed by atoms with E-state index in [2.05, 4.69) is 11.9 Å². The Morgan fingerprint density at radius 3 is 2.93 bits per heavy atom. The normalized spacial score (nSPS) is 25.1. The van der Waals surface area contributed by atoms with Gasteiger partial charge < -0.3 is 10.0 Å². The monoisotopic (exact) mass is 231 g/mol. The van der Waals surface area contributed by atoms with Gasteiger partial charge in [-0.25, -0.2) is 0 Å². The van der Waals surface area contributed by atoms with E-state index in [9.17, 15) is 4.79 Å². The molecule has 1 aliphatic rings. The summed E-state index contributed by atoms with van der Waals surface area (Å²) in [5, 5.41) is 8.47. The van der Waals surface area contributed by atoms with Gasteiger partial charge in [0.25, 0.3) is 0 Å².